The summed E-state index contributed by atoms with van der Waals surface area (Å²) in [5.74, 6) is 3.72. The summed E-state index contributed by atoms with van der Waals surface area (Å²) in [7, 11) is 6.37. The van der Waals surface area contributed by atoms with Gasteiger partial charge in [0.2, 0.25) is 5.75 Å². The fourth-order valence-electron chi connectivity index (χ4n) is 2.80. The molecular formula is C21H23N3O4. The number of hydrogen-bond acceptors (Lipinski definition) is 7. The van der Waals surface area contributed by atoms with Crippen LogP contribution in [0.4, 0.5) is 11.5 Å². The minimum absolute atomic E-state index is 0.535. The van der Waals surface area contributed by atoms with Gasteiger partial charge >= 0.3 is 0 Å². The molecule has 146 valence electrons. The molecule has 2 aromatic carbocycles. The largest absolute Gasteiger partial charge is 0.497 e. The first-order valence-electron chi connectivity index (χ1n) is 8.65. The molecule has 0 saturated heterocycles. The molecule has 0 amide bonds. The number of anilines is 2. The van der Waals surface area contributed by atoms with Gasteiger partial charge in [-0.2, -0.15) is 0 Å². The van der Waals surface area contributed by atoms with E-state index >= 15 is 0 Å². The fraction of sp³-hybridized carbons (Fsp3) is 0.238. The minimum atomic E-state index is 0.535. The van der Waals surface area contributed by atoms with Crippen LogP contribution < -0.4 is 24.3 Å². The summed E-state index contributed by atoms with van der Waals surface area (Å²) in [4.78, 5) is 9.17. The molecule has 7 nitrogen and oxygen atoms in total. The first kappa shape index (κ1) is 19.3. The number of benzene rings is 2. The predicted octanol–water partition coefficient (Wildman–Crippen LogP) is 4.23. The van der Waals surface area contributed by atoms with E-state index in [0.29, 0.717) is 28.9 Å². The van der Waals surface area contributed by atoms with E-state index in [9.17, 15) is 0 Å². The van der Waals surface area contributed by atoms with Crippen molar-refractivity contribution in [1.82, 2.24) is 9.97 Å². The molecule has 0 unspecified atom stereocenters. The Kier molecular flexibility index (Phi) is 5.84. The van der Waals surface area contributed by atoms with Gasteiger partial charge < -0.3 is 24.3 Å². The van der Waals surface area contributed by atoms with Gasteiger partial charge in [0.05, 0.1) is 28.4 Å². The van der Waals surface area contributed by atoms with Crippen molar-refractivity contribution in [2.75, 3.05) is 33.8 Å². The van der Waals surface area contributed by atoms with Crippen molar-refractivity contribution >= 4 is 11.5 Å². The van der Waals surface area contributed by atoms with Crippen molar-refractivity contribution in [2.24, 2.45) is 0 Å². The number of aryl methyl sites for hydroxylation is 1. The van der Waals surface area contributed by atoms with Crippen molar-refractivity contribution in [2.45, 2.75) is 6.92 Å². The average molecular weight is 381 g/mol. The minimum Gasteiger partial charge on any atom is -0.497 e. The molecule has 3 aromatic rings. The molecule has 28 heavy (non-hydrogen) atoms. The van der Waals surface area contributed by atoms with Crippen LogP contribution in [0.5, 0.6) is 23.0 Å². The zero-order valence-electron chi connectivity index (χ0n) is 16.6. The number of ether oxygens (including phenoxy) is 4. The Balaban J connectivity index is 1.95. The van der Waals surface area contributed by atoms with E-state index in [2.05, 4.69) is 15.3 Å². The van der Waals surface area contributed by atoms with Gasteiger partial charge in [-0.15, -0.1) is 0 Å². The zero-order chi connectivity index (χ0) is 20.1. The van der Waals surface area contributed by atoms with Crippen molar-refractivity contribution in [3.8, 4) is 34.4 Å². The molecule has 1 heterocycles. The number of methoxy groups -OCH3 is 4. The van der Waals surface area contributed by atoms with Crippen LogP contribution in [0.25, 0.3) is 11.4 Å². The number of rotatable bonds is 7. The van der Waals surface area contributed by atoms with Gasteiger partial charge in [-0.05, 0) is 31.2 Å². The zero-order valence-corrected chi connectivity index (χ0v) is 16.6. The topological polar surface area (TPSA) is 74.7 Å². The lowest BCUT2D eigenvalue weighted by Gasteiger charge is -2.15. The summed E-state index contributed by atoms with van der Waals surface area (Å²) >= 11 is 0. The van der Waals surface area contributed by atoms with Crippen LogP contribution in [0, 0.1) is 6.92 Å². The summed E-state index contributed by atoms with van der Waals surface area (Å²) in [5, 5.41) is 3.29. The highest BCUT2D eigenvalue weighted by Gasteiger charge is 2.14. The van der Waals surface area contributed by atoms with Crippen LogP contribution in [-0.4, -0.2) is 38.4 Å². The Morgan fingerprint density at radius 3 is 1.93 bits per heavy atom. The standard InChI is InChI=1S/C21H23N3O4/c1-13-10-19(24-21(22-13)14-6-8-16(25-2)9-7-14)23-15-11-17(26-3)20(28-5)18(12-15)27-4/h6-12H,1-5H3,(H,22,23,24). The van der Waals surface area contributed by atoms with Crippen LogP contribution in [-0.2, 0) is 0 Å². The number of nitrogens with one attached hydrogen (secondary N) is 1. The lowest BCUT2D eigenvalue weighted by molar-refractivity contribution is 0.324. The highest BCUT2D eigenvalue weighted by molar-refractivity contribution is 5.68. The molecular weight excluding hydrogens is 358 g/mol. The van der Waals surface area contributed by atoms with Crippen LogP contribution in [0.2, 0.25) is 0 Å². The van der Waals surface area contributed by atoms with E-state index in [4.69, 9.17) is 18.9 Å². The van der Waals surface area contributed by atoms with Crippen LogP contribution in [0.15, 0.2) is 42.5 Å². The SMILES string of the molecule is COc1ccc(-c2nc(C)cc(Nc3cc(OC)c(OC)c(OC)c3)n2)cc1. The molecule has 7 heteroatoms. The van der Waals surface area contributed by atoms with Crippen molar-refractivity contribution in [3.63, 3.8) is 0 Å². The Morgan fingerprint density at radius 1 is 0.750 bits per heavy atom. The number of hydrogen-bond donors (Lipinski definition) is 1. The summed E-state index contributed by atoms with van der Waals surface area (Å²) in [6.07, 6.45) is 0. The van der Waals surface area contributed by atoms with E-state index < -0.39 is 0 Å². The summed E-state index contributed by atoms with van der Waals surface area (Å²) in [6, 6.07) is 13.1. The number of nitrogens with zero attached hydrogens (tertiary/aromatic N) is 2. The van der Waals surface area contributed by atoms with E-state index in [1.54, 1.807) is 28.4 Å². The molecule has 0 aliphatic rings. The first-order chi connectivity index (χ1) is 13.6. The van der Waals surface area contributed by atoms with E-state index in [1.165, 1.54) is 0 Å². The van der Waals surface area contributed by atoms with Gasteiger partial charge in [-0.3, -0.25) is 0 Å². The van der Waals surface area contributed by atoms with Gasteiger partial charge in [0.25, 0.3) is 0 Å². The molecule has 3 rings (SSSR count). The Hall–Kier alpha value is -3.48. The molecule has 0 atom stereocenters. The van der Waals surface area contributed by atoms with Crippen molar-refractivity contribution in [3.05, 3.63) is 48.2 Å². The smallest absolute Gasteiger partial charge is 0.203 e. The first-order valence-corrected chi connectivity index (χ1v) is 8.65. The Morgan fingerprint density at radius 2 is 1.39 bits per heavy atom. The third kappa shape index (κ3) is 4.09. The maximum Gasteiger partial charge on any atom is 0.203 e. The lowest BCUT2D eigenvalue weighted by atomic mass is 10.2. The number of aromatic nitrogens is 2. The quantitative estimate of drug-likeness (QED) is 0.656. The van der Waals surface area contributed by atoms with E-state index in [-0.39, 0.29) is 0 Å². The Bertz CT molecular complexity index is 933. The van der Waals surface area contributed by atoms with Gasteiger partial charge in [-0.1, -0.05) is 0 Å². The second kappa shape index (κ2) is 8.47. The molecule has 0 saturated carbocycles. The maximum atomic E-state index is 5.41. The summed E-state index contributed by atoms with van der Waals surface area (Å²) < 4.78 is 21.4. The molecule has 0 aliphatic heterocycles. The van der Waals surface area contributed by atoms with Gasteiger partial charge in [0, 0.05) is 35.1 Å². The van der Waals surface area contributed by atoms with Crippen molar-refractivity contribution < 1.29 is 18.9 Å². The highest BCUT2D eigenvalue weighted by Crippen LogP contribution is 2.40. The molecule has 0 fully saturated rings. The van der Waals surface area contributed by atoms with Crippen LogP contribution >= 0.6 is 0 Å². The van der Waals surface area contributed by atoms with Crippen molar-refractivity contribution in [1.29, 1.82) is 0 Å². The van der Waals surface area contributed by atoms with Gasteiger partial charge in [0.15, 0.2) is 17.3 Å². The molecule has 0 aliphatic carbocycles. The van der Waals surface area contributed by atoms with Gasteiger partial charge in [0.1, 0.15) is 11.6 Å². The molecule has 0 spiro atoms. The average Bonchev–Trinajstić information content (AvgIpc) is 2.72. The highest BCUT2D eigenvalue weighted by atomic mass is 16.5. The third-order valence-electron chi connectivity index (χ3n) is 4.14. The molecule has 0 radical (unpaired) electrons. The maximum absolute atomic E-state index is 5.41. The Labute approximate surface area is 164 Å². The second-order valence-electron chi connectivity index (χ2n) is 5.99. The van der Waals surface area contributed by atoms with Crippen LogP contribution in [0.3, 0.4) is 0 Å². The van der Waals surface area contributed by atoms with E-state index in [1.807, 2.05) is 49.4 Å². The van der Waals surface area contributed by atoms with Crippen LogP contribution in [0.1, 0.15) is 5.69 Å². The summed E-state index contributed by atoms with van der Waals surface area (Å²) in [5.41, 5.74) is 2.50. The monoisotopic (exact) mass is 381 g/mol. The molecule has 0 bridgehead atoms. The molecule has 1 aromatic heterocycles. The third-order valence-corrected chi connectivity index (χ3v) is 4.14. The van der Waals surface area contributed by atoms with E-state index in [0.717, 1.165) is 22.7 Å². The molecule has 1 N–H and O–H groups in total. The summed E-state index contributed by atoms with van der Waals surface area (Å²) in [6.45, 7) is 1.93. The lowest BCUT2D eigenvalue weighted by Crippen LogP contribution is -2.01. The predicted molar refractivity (Wildman–Crippen MR) is 108 cm³/mol. The van der Waals surface area contributed by atoms with Gasteiger partial charge in [-0.25, -0.2) is 9.97 Å². The normalized spacial score (nSPS) is 10.3. The second-order valence-corrected chi connectivity index (χ2v) is 5.99. The fourth-order valence-corrected chi connectivity index (χ4v) is 2.80.